The summed E-state index contributed by atoms with van der Waals surface area (Å²) in [4.78, 5) is 23.5. The quantitative estimate of drug-likeness (QED) is 0.487. The summed E-state index contributed by atoms with van der Waals surface area (Å²) in [7, 11) is 0. The smallest absolute Gasteiger partial charge is 0.271 e. The average Bonchev–Trinajstić information content (AvgIpc) is 2.49. The number of carbonyl (C=O) groups excluding carboxylic acids is 1. The maximum Gasteiger partial charge on any atom is 0.271 e. The van der Waals surface area contributed by atoms with Crippen LogP contribution in [0.3, 0.4) is 0 Å². The highest BCUT2D eigenvalue weighted by atomic mass is 32.2. The molecule has 0 radical (unpaired) electrons. The average molecular weight is 330 g/mol. The van der Waals surface area contributed by atoms with Gasteiger partial charge in [-0.3, -0.25) is 14.9 Å². The Balaban J connectivity index is 1.96. The van der Waals surface area contributed by atoms with Gasteiger partial charge in [-0.15, -0.1) is 11.8 Å². The van der Waals surface area contributed by atoms with Crippen LogP contribution in [0.25, 0.3) is 0 Å². The van der Waals surface area contributed by atoms with Gasteiger partial charge in [-0.1, -0.05) is 32.0 Å². The number of nitro groups is 1. The van der Waals surface area contributed by atoms with Gasteiger partial charge in [0, 0.05) is 28.0 Å². The summed E-state index contributed by atoms with van der Waals surface area (Å²) in [5.41, 5.74) is 1.29. The van der Waals surface area contributed by atoms with E-state index in [9.17, 15) is 14.9 Å². The molecule has 2 rings (SSSR count). The summed E-state index contributed by atoms with van der Waals surface area (Å²) in [6.07, 6.45) is 0.231. The van der Waals surface area contributed by atoms with Crippen molar-refractivity contribution < 1.29 is 9.72 Å². The maximum atomic E-state index is 12.0. The van der Waals surface area contributed by atoms with Crippen LogP contribution >= 0.6 is 11.8 Å². The predicted molar refractivity (Wildman–Crippen MR) is 92.9 cm³/mol. The van der Waals surface area contributed by atoms with Gasteiger partial charge in [-0.25, -0.2) is 0 Å². The van der Waals surface area contributed by atoms with Crippen molar-refractivity contribution >= 4 is 29.0 Å². The Hall–Kier alpha value is -2.34. The number of amides is 1. The molecule has 0 heterocycles. The molecule has 0 aliphatic carbocycles. The second-order valence-electron chi connectivity index (χ2n) is 5.34. The lowest BCUT2D eigenvalue weighted by Crippen LogP contribution is -2.14. The molecule has 0 aliphatic rings. The van der Waals surface area contributed by atoms with E-state index >= 15 is 0 Å². The molecule has 0 unspecified atom stereocenters. The molecule has 1 amide bonds. The van der Waals surface area contributed by atoms with Gasteiger partial charge in [0.15, 0.2) is 0 Å². The van der Waals surface area contributed by atoms with Gasteiger partial charge < -0.3 is 5.32 Å². The lowest BCUT2D eigenvalue weighted by Gasteiger charge is -2.07. The molecular formula is C17H18N2O3S. The van der Waals surface area contributed by atoms with E-state index in [-0.39, 0.29) is 18.0 Å². The first kappa shape index (κ1) is 17.0. The van der Waals surface area contributed by atoms with Crippen molar-refractivity contribution in [3.05, 3.63) is 64.2 Å². The number of nitro benzene ring substituents is 1. The van der Waals surface area contributed by atoms with E-state index in [1.54, 1.807) is 23.9 Å². The second-order valence-corrected chi connectivity index (χ2v) is 6.99. The molecule has 0 atom stereocenters. The van der Waals surface area contributed by atoms with Crippen LogP contribution in [0.1, 0.15) is 19.4 Å². The summed E-state index contributed by atoms with van der Waals surface area (Å²) < 4.78 is 0. The minimum Gasteiger partial charge on any atom is -0.326 e. The van der Waals surface area contributed by atoms with Crippen molar-refractivity contribution in [1.29, 1.82) is 0 Å². The van der Waals surface area contributed by atoms with Gasteiger partial charge in [0.2, 0.25) is 5.91 Å². The Morgan fingerprint density at radius 1 is 1.22 bits per heavy atom. The minimum atomic E-state index is -0.485. The predicted octanol–water partition coefficient (Wildman–Crippen LogP) is 4.28. The van der Waals surface area contributed by atoms with Crippen LogP contribution in [-0.2, 0) is 11.2 Å². The molecule has 120 valence electrons. The third-order valence-corrected chi connectivity index (χ3v) is 4.02. The first-order chi connectivity index (χ1) is 10.9. The molecule has 5 nitrogen and oxygen atoms in total. The lowest BCUT2D eigenvalue weighted by atomic mass is 10.1. The van der Waals surface area contributed by atoms with Crippen molar-refractivity contribution in [3.63, 3.8) is 0 Å². The number of hydrogen-bond donors (Lipinski definition) is 1. The molecule has 6 heteroatoms. The molecule has 0 spiro atoms. The Morgan fingerprint density at radius 3 is 2.52 bits per heavy atom. The van der Waals surface area contributed by atoms with Gasteiger partial charge >= 0.3 is 0 Å². The molecule has 1 N–H and O–H groups in total. The summed E-state index contributed by atoms with van der Waals surface area (Å²) in [5.74, 6) is -0.199. The molecular weight excluding hydrogens is 312 g/mol. The zero-order valence-electron chi connectivity index (χ0n) is 13.0. The fraction of sp³-hybridized carbons (Fsp3) is 0.235. The standard InChI is InChI=1S/C17H18N2O3S/c1-12(2)23-16-8-6-13(7-9-16)10-17(20)18-14-4-3-5-15(11-14)19(21)22/h3-9,11-12H,10H2,1-2H3,(H,18,20). The van der Waals surface area contributed by atoms with E-state index < -0.39 is 4.92 Å². The van der Waals surface area contributed by atoms with E-state index in [1.165, 1.54) is 17.0 Å². The lowest BCUT2D eigenvalue weighted by molar-refractivity contribution is -0.384. The molecule has 23 heavy (non-hydrogen) atoms. The highest BCUT2D eigenvalue weighted by molar-refractivity contribution is 7.99. The van der Waals surface area contributed by atoms with Gasteiger partial charge in [-0.2, -0.15) is 0 Å². The molecule has 2 aromatic carbocycles. The SMILES string of the molecule is CC(C)Sc1ccc(CC(=O)Nc2cccc([N+](=O)[O-])c2)cc1. The van der Waals surface area contributed by atoms with E-state index in [0.717, 1.165) is 5.56 Å². The van der Waals surface area contributed by atoms with Crippen LogP contribution in [0.2, 0.25) is 0 Å². The number of anilines is 1. The van der Waals surface area contributed by atoms with Crippen molar-refractivity contribution in [3.8, 4) is 0 Å². The zero-order valence-corrected chi connectivity index (χ0v) is 13.8. The largest absolute Gasteiger partial charge is 0.326 e. The Bertz CT molecular complexity index is 699. The highest BCUT2D eigenvalue weighted by Gasteiger charge is 2.09. The van der Waals surface area contributed by atoms with E-state index in [2.05, 4.69) is 19.2 Å². The molecule has 0 fully saturated rings. The summed E-state index contributed by atoms with van der Waals surface area (Å²) in [6, 6.07) is 13.8. The number of thioether (sulfide) groups is 1. The fourth-order valence-corrected chi connectivity index (χ4v) is 2.88. The zero-order chi connectivity index (χ0) is 16.8. The fourth-order valence-electron chi connectivity index (χ4n) is 2.05. The van der Waals surface area contributed by atoms with Gasteiger partial charge in [0.05, 0.1) is 11.3 Å². The number of hydrogen-bond acceptors (Lipinski definition) is 4. The number of nitrogens with zero attached hydrogens (tertiary/aromatic N) is 1. The van der Waals surface area contributed by atoms with Crippen molar-refractivity contribution in [2.24, 2.45) is 0 Å². The monoisotopic (exact) mass is 330 g/mol. The van der Waals surface area contributed by atoms with Crippen LogP contribution in [0.5, 0.6) is 0 Å². The van der Waals surface area contributed by atoms with E-state index in [0.29, 0.717) is 10.9 Å². The van der Waals surface area contributed by atoms with Crippen LogP contribution < -0.4 is 5.32 Å². The van der Waals surface area contributed by atoms with Crippen LogP contribution in [0.4, 0.5) is 11.4 Å². The summed E-state index contributed by atoms with van der Waals surface area (Å²) in [5, 5.41) is 13.9. The number of non-ortho nitro benzene ring substituents is 1. The normalized spacial score (nSPS) is 10.6. The summed E-state index contributed by atoms with van der Waals surface area (Å²) >= 11 is 1.77. The number of nitrogens with one attached hydrogen (secondary N) is 1. The first-order valence-corrected chi connectivity index (χ1v) is 8.12. The van der Waals surface area contributed by atoms with Gasteiger partial charge in [0.1, 0.15) is 0 Å². The maximum absolute atomic E-state index is 12.0. The molecule has 0 bridgehead atoms. The summed E-state index contributed by atoms with van der Waals surface area (Å²) in [6.45, 7) is 4.26. The minimum absolute atomic E-state index is 0.0436. The van der Waals surface area contributed by atoms with Crippen molar-refractivity contribution in [2.45, 2.75) is 30.4 Å². The number of benzene rings is 2. The number of carbonyl (C=O) groups is 1. The van der Waals surface area contributed by atoms with Crippen LogP contribution in [0.15, 0.2) is 53.4 Å². The Labute approximate surface area is 139 Å². The topological polar surface area (TPSA) is 72.2 Å². The van der Waals surface area contributed by atoms with Crippen molar-refractivity contribution in [1.82, 2.24) is 0 Å². The van der Waals surface area contributed by atoms with E-state index in [4.69, 9.17) is 0 Å². The molecule has 0 saturated heterocycles. The third-order valence-electron chi connectivity index (χ3n) is 3.00. The second kappa shape index (κ2) is 7.78. The Morgan fingerprint density at radius 2 is 1.91 bits per heavy atom. The highest BCUT2D eigenvalue weighted by Crippen LogP contribution is 2.23. The Kier molecular flexibility index (Phi) is 5.76. The van der Waals surface area contributed by atoms with E-state index in [1.807, 2.05) is 24.3 Å². The molecule has 0 aliphatic heterocycles. The molecule has 0 saturated carbocycles. The van der Waals surface area contributed by atoms with Gasteiger partial charge in [-0.05, 0) is 23.8 Å². The molecule has 2 aromatic rings. The van der Waals surface area contributed by atoms with Crippen LogP contribution in [-0.4, -0.2) is 16.1 Å². The third kappa shape index (κ3) is 5.41. The van der Waals surface area contributed by atoms with Crippen molar-refractivity contribution in [2.75, 3.05) is 5.32 Å². The number of rotatable bonds is 6. The molecule has 0 aromatic heterocycles. The van der Waals surface area contributed by atoms with Crippen LogP contribution in [0, 0.1) is 10.1 Å². The first-order valence-electron chi connectivity index (χ1n) is 7.24. The van der Waals surface area contributed by atoms with Gasteiger partial charge in [0.25, 0.3) is 5.69 Å².